The molecule has 0 saturated heterocycles. The van der Waals surface area contributed by atoms with Crippen molar-refractivity contribution in [1.82, 2.24) is 5.32 Å². The van der Waals surface area contributed by atoms with Crippen LogP contribution in [0.2, 0.25) is 0 Å². The van der Waals surface area contributed by atoms with E-state index < -0.39 is 6.10 Å². The fraction of sp³-hybridized carbons (Fsp3) is 0.316. The summed E-state index contributed by atoms with van der Waals surface area (Å²) >= 11 is 0. The Bertz CT molecular complexity index is 637. The lowest BCUT2D eigenvalue weighted by atomic mass is 10.2. The zero-order chi connectivity index (χ0) is 17.4. The van der Waals surface area contributed by atoms with Gasteiger partial charge in [0.25, 0.3) is 5.91 Å². The van der Waals surface area contributed by atoms with Crippen molar-refractivity contribution >= 4 is 5.91 Å². The van der Waals surface area contributed by atoms with E-state index in [9.17, 15) is 4.79 Å². The smallest absolute Gasteiger partial charge is 0.261 e. The standard InChI is InChI=1S/C19H23NO4/c1-4-23-17-7-5-15(6-8-17)13-20-19(21)14(2)24-18-11-9-16(22-3)10-12-18/h5-12,14H,4,13H2,1-3H3,(H,20,21)/t14-/m0/s1. The molecule has 0 radical (unpaired) electrons. The molecule has 0 spiro atoms. The molecule has 0 aliphatic rings. The molecule has 1 N–H and O–H groups in total. The molecule has 0 unspecified atom stereocenters. The van der Waals surface area contributed by atoms with Crippen LogP contribution in [0.25, 0.3) is 0 Å². The van der Waals surface area contributed by atoms with Crippen molar-refractivity contribution in [3.63, 3.8) is 0 Å². The number of benzene rings is 2. The number of ether oxygens (including phenoxy) is 3. The SMILES string of the molecule is CCOc1ccc(CNC(=O)[C@H](C)Oc2ccc(OC)cc2)cc1. The predicted octanol–water partition coefficient (Wildman–Crippen LogP) is 3.18. The van der Waals surface area contributed by atoms with E-state index in [1.54, 1.807) is 38.3 Å². The highest BCUT2D eigenvalue weighted by molar-refractivity contribution is 5.80. The van der Waals surface area contributed by atoms with E-state index in [0.29, 0.717) is 18.9 Å². The van der Waals surface area contributed by atoms with Crippen molar-refractivity contribution in [3.05, 3.63) is 54.1 Å². The van der Waals surface area contributed by atoms with Gasteiger partial charge < -0.3 is 19.5 Å². The Morgan fingerprint density at radius 1 is 1.00 bits per heavy atom. The maximum absolute atomic E-state index is 12.1. The first kappa shape index (κ1) is 17.7. The van der Waals surface area contributed by atoms with E-state index in [1.807, 2.05) is 31.2 Å². The summed E-state index contributed by atoms with van der Waals surface area (Å²) in [6.07, 6.45) is -0.582. The topological polar surface area (TPSA) is 56.8 Å². The van der Waals surface area contributed by atoms with Gasteiger partial charge in [-0.15, -0.1) is 0 Å². The van der Waals surface area contributed by atoms with E-state index in [-0.39, 0.29) is 5.91 Å². The van der Waals surface area contributed by atoms with Crippen LogP contribution in [0.15, 0.2) is 48.5 Å². The maximum atomic E-state index is 12.1. The zero-order valence-electron chi connectivity index (χ0n) is 14.2. The first-order chi connectivity index (χ1) is 11.6. The molecule has 128 valence electrons. The number of hydrogen-bond donors (Lipinski definition) is 1. The molecule has 2 aromatic rings. The Morgan fingerprint density at radius 3 is 2.17 bits per heavy atom. The van der Waals surface area contributed by atoms with Crippen LogP contribution < -0.4 is 19.5 Å². The Balaban J connectivity index is 1.82. The molecular formula is C19H23NO4. The molecular weight excluding hydrogens is 306 g/mol. The van der Waals surface area contributed by atoms with Crippen LogP contribution in [-0.2, 0) is 11.3 Å². The number of rotatable bonds is 8. The first-order valence-electron chi connectivity index (χ1n) is 7.92. The van der Waals surface area contributed by atoms with Crippen molar-refractivity contribution in [2.24, 2.45) is 0 Å². The van der Waals surface area contributed by atoms with Crippen molar-refractivity contribution in [2.45, 2.75) is 26.5 Å². The summed E-state index contributed by atoms with van der Waals surface area (Å²) in [5, 5.41) is 2.86. The minimum atomic E-state index is -0.582. The first-order valence-corrected chi connectivity index (χ1v) is 7.92. The summed E-state index contributed by atoms with van der Waals surface area (Å²) < 4.78 is 16.1. The van der Waals surface area contributed by atoms with Gasteiger partial charge >= 0.3 is 0 Å². The molecule has 0 saturated carbocycles. The van der Waals surface area contributed by atoms with Gasteiger partial charge in [0.1, 0.15) is 17.2 Å². The Kier molecular flexibility index (Phi) is 6.49. The third-order valence-electron chi connectivity index (χ3n) is 3.44. The number of methoxy groups -OCH3 is 1. The minimum Gasteiger partial charge on any atom is -0.497 e. The third-order valence-corrected chi connectivity index (χ3v) is 3.44. The minimum absolute atomic E-state index is 0.167. The fourth-order valence-corrected chi connectivity index (χ4v) is 2.12. The van der Waals surface area contributed by atoms with E-state index in [2.05, 4.69) is 5.32 Å². The number of carbonyl (C=O) groups excluding carboxylic acids is 1. The normalized spacial score (nSPS) is 11.5. The summed E-state index contributed by atoms with van der Waals surface area (Å²) in [6, 6.07) is 14.8. The predicted molar refractivity (Wildman–Crippen MR) is 92.5 cm³/mol. The molecule has 24 heavy (non-hydrogen) atoms. The molecule has 0 aromatic heterocycles. The summed E-state index contributed by atoms with van der Waals surface area (Å²) in [6.45, 7) is 4.74. The molecule has 5 nitrogen and oxygen atoms in total. The molecule has 0 aliphatic carbocycles. The van der Waals surface area contributed by atoms with Crippen LogP contribution in [0.3, 0.4) is 0 Å². The van der Waals surface area contributed by atoms with Crippen molar-refractivity contribution in [1.29, 1.82) is 0 Å². The highest BCUT2D eigenvalue weighted by Gasteiger charge is 2.14. The molecule has 2 rings (SSSR count). The summed E-state index contributed by atoms with van der Waals surface area (Å²) in [4.78, 5) is 12.1. The van der Waals surface area contributed by atoms with Crippen LogP contribution in [0.5, 0.6) is 17.2 Å². The Labute approximate surface area is 142 Å². The average Bonchev–Trinajstić information content (AvgIpc) is 2.61. The van der Waals surface area contributed by atoms with Crippen LogP contribution >= 0.6 is 0 Å². The molecule has 0 bridgehead atoms. The molecule has 5 heteroatoms. The van der Waals surface area contributed by atoms with E-state index >= 15 is 0 Å². The summed E-state index contributed by atoms with van der Waals surface area (Å²) in [5.74, 6) is 2.03. The second-order valence-electron chi connectivity index (χ2n) is 5.23. The maximum Gasteiger partial charge on any atom is 0.261 e. The number of carbonyl (C=O) groups is 1. The van der Waals surface area contributed by atoms with Crippen molar-refractivity contribution in [3.8, 4) is 17.2 Å². The fourth-order valence-electron chi connectivity index (χ4n) is 2.12. The van der Waals surface area contributed by atoms with Gasteiger partial charge in [-0.2, -0.15) is 0 Å². The monoisotopic (exact) mass is 329 g/mol. The highest BCUT2D eigenvalue weighted by Crippen LogP contribution is 2.18. The van der Waals surface area contributed by atoms with Gasteiger partial charge in [0, 0.05) is 6.54 Å². The van der Waals surface area contributed by atoms with Crippen LogP contribution in [0.4, 0.5) is 0 Å². The lowest BCUT2D eigenvalue weighted by molar-refractivity contribution is -0.127. The van der Waals surface area contributed by atoms with Gasteiger partial charge in [0.2, 0.25) is 0 Å². The van der Waals surface area contributed by atoms with Gasteiger partial charge in [-0.25, -0.2) is 0 Å². The van der Waals surface area contributed by atoms with Crippen LogP contribution in [0, 0.1) is 0 Å². The average molecular weight is 329 g/mol. The largest absolute Gasteiger partial charge is 0.497 e. The summed E-state index contributed by atoms with van der Waals surface area (Å²) in [7, 11) is 1.60. The highest BCUT2D eigenvalue weighted by atomic mass is 16.5. The second-order valence-corrected chi connectivity index (χ2v) is 5.23. The molecule has 1 atom stereocenters. The molecule has 2 aromatic carbocycles. The third kappa shape index (κ3) is 5.19. The van der Waals surface area contributed by atoms with Crippen LogP contribution in [0.1, 0.15) is 19.4 Å². The van der Waals surface area contributed by atoms with E-state index in [4.69, 9.17) is 14.2 Å². The van der Waals surface area contributed by atoms with Gasteiger partial charge in [-0.1, -0.05) is 12.1 Å². The molecule has 0 aliphatic heterocycles. The Hall–Kier alpha value is -2.69. The zero-order valence-corrected chi connectivity index (χ0v) is 14.2. The molecule has 0 fully saturated rings. The quantitative estimate of drug-likeness (QED) is 0.808. The van der Waals surface area contributed by atoms with E-state index in [0.717, 1.165) is 17.1 Å². The molecule has 1 amide bonds. The lowest BCUT2D eigenvalue weighted by Crippen LogP contribution is -2.35. The van der Waals surface area contributed by atoms with Gasteiger partial charge in [0.15, 0.2) is 6.10 Å². The van der Waals surface area contributed by atoms with Crippen molar-refractivity contribution in [2.75, 3.05) is 13.7 Å². The number of hydrogen-bond acceptors (Lipinski definition) is 4. The van der Waals surface area contributed by atoms with Gasteiger partial charge in [0.05, 0.1) is 13.7 Å². The van der Waals surface area contributed by atoms with Crippen molar-refractivity contribution < 1.29 is 19.0 Å². The second kappa shape index (κ2) is 8.82. The van der Waals surface area contributed by atoms with Gasteiger partial charge in [-0.3, -0.25) is 4.79 Å². The number of amides is 1. The van der Waals surface area contributed by atoms with Crippen LogP contribution in [-0.4, -0.2) is 25.7 Å². The summed E-state index contributed by atoms with van der Waals surface area (Å²) in [5.41, 5.74) is 1.00. The van der Waals surface area contributed by atoms with Gasteiger partial charge in [-0.05, 0) is 55.8 Å². The molecule has 0 heterocycles. The Morgan fingerprint density at radius 2 is 1.58 bits per heavy atom. The van der Waals surface area contributed by atoms with E-state index in [1.165, 1.54) is 0 Å². The number of nitrogens with one attached hydrogen (secondary N) is 1. The lowest BCUT2D eigenvalue weighted by Gasteiger charge is -2.15.